The first-order valence-electron chi connectivity index (χ1n) is 7.55. The van der Waals surface area contributed by atoms with Gasteiger partial charge < -0.3 is 15.3 Å². The van der Waals surface area contributed by atoms with Crippen LogP contribution in [0.3, 0.4) is 0 Å². The highest BCUT2D eigenvalue weighted by Gasteiger charge is 2.39. The molecular formula is C16H18N2O4S. The molecule has 7 heteroatoms. The summed E-state index contributed by atoms with van der Waals surface area (Å²) in [5, 5.41) is 11.9. The molecule has 0 aromatic heterocycles. The first kappa shape index (κ1) is 15.9. The zero-order chi connectivity index (χ0) is 16.7. The Morgan fingerprint density at radius 3 is 2.70 bits per heavy atom. The fraction of sp³-hybridized carbons (Fsp3) is 0.438. The van der Waals surface area contributed by atoms with E-state index in [1.807, 2.05) is 6.92 Å². The molecule has 0 radical (unpaired) electrons. The molecule has 1 aliphatic carbocycles. The van der Waals surface area contributed by atoms with E-state index in [0.29, 0.717) is 11.3 Å². The Morgan fingerprint density at radius 2 is 2.09 bits per heavy atom. The molecule has 1 aliphatic heterocycles. The zero-order valence-electron chi connectivity index (χ0n) is 12.9. The summed E-state index contributed by atoms with van der Waals surface area (Å²) < 4.78 is 0. The van der Waals surface area contributed by atoms with Crippen LogP contribution in [-0.2, 0) is 9.59 Å². The van der Waals surface area contributed by atoms with Gasteiger partial charge in [0.05, 0.1) is 10.9 Å². The maximum atomic E-state index is 12.7. The minimum atomic E-state index is -1.01. The van der Waals surface area contributed by atoms with Crippen molar-refractivity contribution in [2.45, 2.75) is 48.9 Å². The van der Waals surface area contributed by atoms with Gasteiger partial charge in [-0.05, 0) is 44.9 Å². The van der Waals surface area contributed by atoms with E-state index in [9.17, 15) is 19.5 Å². The van der Waals surface area contributed by atoms with Gasteiger partial charge in [0.15, 0.2) is 0 Å². The Labute approximate surface area is 138 Å². The molecule has 2 amide bonds. The maximum absolute atomic E-state index is 12.7. The van der Waals surface area contributed by atoms with E-state index in [0.717, 1.165) is 17.7 Å². The quantitative estimate of drug-likeness (QED) is 0.881. The lowest BCUT2D eigenvalue weighted by Crippen LogP contribution is -2.44. The van der Waals surface area contributed by atoms with Crippen LogP contribution in [0.5, 0.6) is 0 Å². The normalized spacial score (nSPS) is 21.1. The molecule has 2 unspecified atom stereocenters. The lowest BCUT2D eigenvalue weighted by Gasteiger charge is -2.27. The SMILES string of the molecule is CC1Sc2ccc(C(=O)N(C3CC3)C(C)C(=O)O)cc2NC1=O. The first-order valence-corrected chi connectivity index (χ1v) is 8.43. The van der Waals surface area contributed by atoms with Crippen LogP contribution in [0.15, 0.2) is 23.1 Å². The number of fused-ring (bicyclic) bond motifs is 1. The van der Waals surface area contributed by atoms with Crippen molar-refractivity contribution >= 4 is 35.2 Å². The molecule has 2 N–H and O–H groups in total. The van der Waals surface area contributed by atoms with E-state index < -0.39 is 12.0 Å². The van der Waals surface area contributed by atoms with Crippen LogP contribution in [0, 0.1) is 0 Å². The molecule has 1 heterocycles. The minimum Gasteiger partial charge on any atom is -0.480 e. The second-order valence-electron chi connectivity index (χ2n) is 5.92. The summed E-state index contributed by atoms with van der Waals surface area (Å²) in [5.74, 6) is -1.41. The van der Waals surface area contributed by atoms with Crippen LogP contribution in [0.1, 0.15) is 37.0 Å². The van der Waals surface area contributed by atoms with Gasteiger partial charge in [-0.15, -0.1) is 11.8 Å². The molecule has 2 aliphatic rings. The number of thioether (sulfide) groups is 1. The standard InChI is InChI=1S/C16H18N2O4S/c1-8(16(21)22)18(11-4-5-11)15(20)10-3-6-13-12(7-10)17-14(19)9(2)23-13/h3,6-9,11H,4-5H2,1-2H3,(H,17,19)(H,21,22). The molecule has 0 bridgehead atoms. The average molecular weight is 334 g/mol. The number of aliphatic carboxylic acids is 1. The summed E-state index contributed by atoms with van der Waals surface area (Å²) in [6.07, 6.45) is 1.66. The Balaban J connectivity index is 1.89. The fourth-order valence-electron chi connectivity index (χ4n) is 2.62. The van der Waals surface area contributed by atoms with Crippen molar-refractivity contribution in [3.63, 3.8) is 0 Å². The number of hydrogen-bond acceptors (Lipinski definition) is 4. The summed E-state index contributed by atoms with van der Waals surface area (Å²) in [7, 11) is 0. The Hall–Kier alpha value is -2.02. The van der Waals surface area contributed by atoms with Crippen molar-refractivity contribution in [2.75, 3.05) is 5.32 Å². The van der Waals surface area contributed by atoms with Crippen LogP contribution in [0.25, 0.3) is 0 Å². The highest BCUT2D eigenvalue weighted by molar-refractivity contribution is 8.00. The molecule has 2 atom stereocenters. The number of anilines is 1. The minimum absolute atomic E-state index is 0.00591. The predicted octanol–water partition coefficient (Wildman–Crippen LogP) is 2.20. The van der Waals surface area contributed by atoms with Crippen LogP contribution in [0.4, 0.5) is 5.69 Å². The van der Waals surface area contributed by atoms with E-state index in [1.165, 1.54) is 23.6 Å². The van der Waals surface area contributed by atoms with Crippen molar-refractivity contribution in [1.82, 2.24) is 4.90 Å². The first-order chi connectivity index (χ1) is 10.9. The van der Waals surface area contributed by atoms with Crippen LogP contribution in [0.2, 0.25) is 0 Å². The molecule has 23 heavy (non-hydrogen) atoms. The number of carbonyl (C=O) groups is 3. The van der Waals surface area contributed by atoms with Crippen LogP contribution < -0.4 is 5.32 Å². The predicted molar refractivity (Wildman–Crippen MR) is 86.7 cm³/mol. The summed E-state index contributed by atoms with van der Waals surface area (Å²) in [5.41, 5.74) is 1.02. The molecule has 3 rings (SSSR count). The third-order valence-corrected chi connectivity index (χ3v) is 5.28. The lowest BCUT2D eigenvalue weighted by atomic mass is 10.1. The highest BCUT2D eigenvalue weighted by Crippen LogP contribution is 2.37. The van der Waals surface area contributed by atoms with Gasteiger partial charge in [-0.1, -0.05) is 0 Å². The Kier molecular flexibility index (Phi) is 4.06. The largest absolute Gasteiger partial charge is 0.480 e. The molecule has 1 fully saturated rings. The molecule has 0 spiro atoms. The molecule has 122 valence electrons. The van der Waals surface area contributed by atoms with Crippen molar-refractivity contribution in [1.29, 1.82) is 0 Å². The van der Waals surface area contributed by atoms with Crippen molar-refractivity contribution in [2.24, 2.45) is 0 Å². The fourth-order valence-corrected chi connectivity index (χ4v) is 3.55. The topological polar surface area (TPSA) is 86.7 Å². The second kappa shape index (κ2) is 5.88. The van der Waals surface area contributed by atoms with Gasteiger partial charge in [0.2, 0.25) is 5.91 Å². The number of nitrogens with one attached hydrogen (secondary N) is 1. The zero-order valence-corrected chi connectivity index (χ0v) is 13.7. The highest BCUT2D eigenvalue weighted by atomic mass is 32.2. The van der Waals surface area contributed by atoms with Crippen molar-refractivity contribution < 1.29 is 19.5 Å². The molecule has 1 aromatic rings. The molecule has 1 saturated carbocycles. The number of nitrogens with zero attached hydrogens (tertiary/aromatic N) is 1. The number of rotatable bonds is 4. The number of benzene rings is 1. The van der Waals surface area contributed by atoms with E-state index in [4.69, 9.17) is 0 Å². The average Bonchev–Trinajstić information content (AvgIpc) is 3.32. The molecule has 6 nitrogen and oxygen atoms in total. The van der Waals surface area contributed by atoms with Crippen molar-refractivity contribution in [3.05, 3.63) is 23.8 Å². The second-order valence-corrected chi connectivity index (χ2v) is 7.30. The van der Waals surface area contributed by atoms with Crippen molar-refractivity contribution in [3.8, 4) is 0 Å². The Morgan fingerprint density at radius 1 is 1.39 bits per heavy atom. The van der Waals surface area contributed by atoms with E-state index >= 15 is 0 Å². The smallest absolute Gasteiger partial charge is 0.326 e. The number of carboxylic acids is 1. The molecular weight excluding hydrogens is 316 g/mol. The van der Waals surface area contributed by atoms with E-state index in [2.05, 4.69) is 5.32 Å². The van der Waals surface area contributed by atoms with Gasteiger partial charge in [-0.25, -0.2) is 4.79 Å². The van der Waals surface area contributed by atoms with Crippen LogP contribution in [-0.4, -0.2) is 45.1 Å². The van der Waals surface area contributed by atoms with Gasteiger partial charge in [-0.3, -0.25) is 9.59 Å². The number of carbonyl (C=O) groups excluding carboxylic acids is 2. The van der Waals surface area contributed by atoms with Gasteiger partial charge in [0.25, 0.3) is 5.91 Å². The third-order valence-electron chi connectivity index (χ3n) is 4.11. The number of carboxylic acid groups (broad SMARTS) is 1. The van der Waals surface area contributed by atoms with E-state index in [-0.39, 0.29) is 23.1 Å². The van der Waals surface area contributed by atoms with E-state index in [1.54, 1.807) is 18.2 Å². The third kappa shape index (κ3) is 3.06. The lowest BCUT2D eigenvalue weighted by molar-refractivity contribution is -0.141. The summed E-state index contributed by atoms with van der Waals surface area (Å²) >= 11 is 1.45. The molecule has 0 saturated heterocycles. The number of hydrogen-bond donors (Lipinski definition) is 2. The van der Waals surface area contributed by atoms with Gasteiger partial charge in [0, 0.05) is 16.5 Å². The maximum Gasteiger partial charge on any atom is 0.326 e. The summed E-state index contributed by atoms with van der Waals surface area (Å²) in [4.78, 5) is 38.1. The Bertz CT molecular complexity index is 687. The van der Waals surface area contributed by atoms with Gasteiger partial charge in [0.1, 0.15) is 6.04 Å². The monoisotopic (exact) mass is 334 g/mol. The summed E-state index contributed by atoms with van der Waals surface area (Å²) in [6.45, 7) is 3.35. The molecule has 1 aromatic carbocycles. The number of amides is 2. The van der Waals surface area contributed by atoms with Gasteiger partial charge >= 0.3 is 5.97 Å². The summed E-state index contributed by atoms with van der Waals surface area (Å²) in [6, 6.07) is 4.27. The van der Waals surface area contributed by atoms with Crippen LogP contribution >= 0.6 is 11.8 Å². The van der Waals surface area contributed by atoms with Gasteiger partial charge in [-0.2, -0.15) is 0 Å².